The zero-order valence-electron chi connectivity index (χ0n) is 17.9. The summed E-state index contributed by atoms with van der Waals surface area (Å²) in [5.74, 6) is -1.57. The average molecular weight is 471 g/mol. The number of aromatic nitrogens is 1. The molecular weight excluding hydrogens is 443 g/mol. The Morgan fingerprint density at radius 2 is 2.00 bits per heavy atom. The molecule has 2 N–H and O–H groups in total. The molecular formula is C20H27FN4O4S2. The normalized spacial score (nSPS) is 20.2. The summed E-state index contributed by atoms with van der Waals surface area (Å²) in [5.41, 5.74) is 0.429. The molecule has 1 aliphatic rings. The molecule has 0 spiro atoms. The fourth-order valence-electron chi connectivity index (χ4n) is 3.47. The van der Waals surface area contributed by atoms with E-state index < -0.39 is 21.7 Å². The predicted molar refractivity (Wildman–Crippen MR) is 117 cm³/mol. The number of sulfonamides is 1. The van der Waals surface area contributed by atoms with Gasteiger partial charge < -0.3 is 4.74 Å². The summed E-state index contributed by atoms with van der Waals surface area (Å²) in [4.78, 5) is 19.1. The van der Waals surface area contributed by atoms with E-state index >= 15 is 0 Å². The van der Waals surface area contributed by atoms with Crippen molar-refractivity contribution in [1.82, 2.24) is 14.6 Å². The van der Waals surface area contributed by atoms with Gasteiger partial charge in [0.05, 0.1) is 28.4 Å². The number of hydrogen-bond donors (Lipinski definition) is 2. The number of hydrogen-bond acceptors (Lipinski definition) is 7. The van der Waals surface area contributed by atoms with Crippen molar-refractivity contribution >= 4 is 32.4 Å². The van der Waals surface area contributed by atoms with Crippen LogP contribution >= 0.6 is 11.3 Å². The summed E-state index contributed by atoms with van der Waals surface area (Å²) in [6, 6.07) is 2.79. The third-order valence-electron chi connectivity index (χ3n) is 4.54. The lowest BCUT2D eigenvalue weighted by Crippen LogP contribution is -2.44. The highest BCUT2D eigenvalue weighted by Gasteiger charge is 2.24. The number of amides is 1. The van der Waals surface area contributed by atoms with Crippen LogP contribution in [0.25, 0.3) is 0 Å². The highest BCUT2D eigenvalue weighted by atomic mass is 32.2. The number of anilines is 1. The van der Waals surface area contributed by atoms with Crippen molar-refractivity contribution < 1.29 is 22.3 Å². The monoisotopic (exact) mass is 470 g/mol. The van der Waals surface area contributed by atoms with Crippen LogP contribution in [-0.4, -0.2) is 55.5 Å². The Morgan fingerprint density at radius 1 is 1.32 bits per heavy atom. The molecule has 2 aromatic rings. The van der Waals surface area contributed by atoms with Crippen molar-refractivity contribution in [3.63, 3.8) is 0 Å². The molecule has 1 aromatic heterocycles. The second-order valence-electron chi connectivity index (χ2n) is 7.97. The fourth-order valence-corrected chi connectivity index (χ4v) is 5.44. The van der Waals surface area contributed by atoms with Crippen LogP contribution in [-0.2, 0) is 21.3 Å². The van der Waals surface area contributed by atoms with Crippen LogP contribution in [0.2, 0.25) is 0 Å². The molecule has 2 atom stereocenters. The van der Waals surface area contributed by atoms with E-state index in [4.69, 9.17) is 4.74 Å². The number of nitrogens with one attached hydrogen (secondary N) is 2. The zero-order chi connectivity index (χ0) is 22.8. The van der Waals surface area contributed by atoms with Gasteiger partial charge in [-0.25, -0.2) is 22.5 Å². The van der Waals surface area contributed by atoms with Crippen molar-refractivity contribution in [3.8, 4) is 0 Å². The Balaban J connectivity index is 1.70. The van der Waals surface area contributed by atoms with Gasteiger partial charge in [0, 0.05) is 31.1 Å². The van der Waals surface area contributed by atoms with Crippen LogP contribution in [0.5, 0.6) is 0 Å². The van der Waals surface area contributed by atoms with Gasteiger partial charge in [-0.1, -0.05) is 0 Å². The molecule has 11 heteroatoms. The van der Waals surface area contributed by atoms with Crippen molar-refractivity contribution in [3.05, 3.63) is 40.7 Å². The van der Waals surface area contributed by atoms with Crippen LogP contribution in [0, 0.1) is 5.82 Å². The number of morpholine rings is 1. The van der Waals surface area contributed by atoms with Gasteiger partial charge in [0.2, 0.25) is 10.0 Å². The molecule has 2 unspecified atom stereocenters. The van der Waals surface area contributed by atoms with E-state index in [1.165, 1.54) is 11.3 Å². The summed E-state index contributed by atoms with van der Waals surface area (Å²) in [5, 5.41) is 4.72. The highest BCUT2D eigenvalue weighted by molar-refractivity contribution is 7.89. The van der Waals surface area contributed by atoms with Crippen molar-refractivity contribution in [2.45, 2.75) is 57.4 Å². The number of carbonyl (C=O) groups is 1. The number of carbonyl (C=O) groups excluding carboxylic acids is 1. The molecule has 170 valence electrons. The fraction of sp³-hybridized carbons (Fsp3) is 0.500. The molecule has 2 heterocycles. The lowest BCUT2D eigenvalue weighted by atomic mass is 10.2. The second kappa shape index (κ2) is 9.70. The minimum Gasteiger partial charge on any atom is -0.373 e. The Hall–Kier alpha value is -1.92. The van der Waals surface area contributed by atoms with Crippen molar-refractivity contribution in [1.29, 1.82) is 0 Å². The number of ether oxygens (including phenoxy) is 1. The summed E-state index contributed by atoms with van der Waals surface area (Å²) in [6.45, 7) is 9.60. The first-order valence-corrected chi connectivity index (χ1v) is 12.3. The van der Waals surface area contributed by atoms with Gasteiger partial charge in [0.25, 0.3) is 5.91 Å². The van der Waals surface area contributed by atoms with Crippen LogP contribution < -0.4 is 10.0 Å². The molecule has 0 bridgehead atoms. The summed E-state index contributed by atoms with van der Waals surface area (Å²) >= 11 is 1.23. The van der Waals surface area contributed by atoms with Crippen LogP contribution in [0.4, 0.5) is 9.52 Å². The number of rotatable bonds is 7. The van der Waals surface area contributed by atoms with E-state index in [9.17, 15) is 17.6 Å². The average Bonchev–Trinajstić information content (AvgIpc) is 3.06. The van der Waals surface area contributed by atoms with Gasteiger partial charge in [-0.15, -0.1) is 11.3 Å². The Labute approximate surface area is 185 Å². The number of halogens is 1. The van der Waals surface area contributed by atoms with Gasteiger partial charge in [-0.05, 0) is 45.9 Å². The van der Waals surface area contributed by atoms with Crippen LogP contribution in [0.15, 0.2) is 28.5 Å². The Morgan fingerprint density at radius 3 is 2.65 bits per heavy atom. The van der Waals surface area contributed by atoms with Crippen LogP contribution in [0.3, 0.4) is 0 Å². The molecule has 0 aliphatic carbocycles. The van der Waals surface area contributed by atoms with Crippen molar-refractivity contribution in [2.75, 3.05) is 18.4 Å². The van der Waals surface area contributed by atoms with Crippen molar-refractivity contribution in [2.24, 2.45) is 0 Å². The van der Waals surface area contributed by atoms with E-state index in [2.05, 4.69) is 19.9 Å². The third kappa shape index (κ3) is 6.30. The lowest BCUT2D eigenvalue weighted by molar-refractivity contribution is -0.0707. The van der Waals surface area contributed by atoms with Gasteiger partial charge in [0.15, 0.2) is 5.13 Å². The first kappa shape index (κ1) is 23.7. The predicted octanol–water partition coefficient (Wildman–Crippen LogP) is 2.83. The lowest BCUT2D eigenvalue weighted by Gasteiger charge is -2.34. The molecule has 1 amide bonds. The molecule has 1 fully saturated rings. The topological polar surface area (TPSA) is 101 Å². The summed E-state index contributed by atoms with van der Waals surface area (Å²) < 4.78 is 47.1. The highest BCUT2D eigenvalue weighted by Crippen LogP contribution is 2.21. The van der Waals surface area contributed by atoms with E-state index in [1.54, 1.807) is 13.8 Å². The summed E-state index contributed by atoms with van der Waals surface area (Å²) in [6.07, 6.45) is 0.275. The van der Waals surface area contributed by atoms with E-state index in [1.807, 2.05) is 19.2 Å². The van der Waals surface area contributed by atoms with E-state index in [-0.39, 0.29) is 28.7 Å². The molecule has 8 nitrogen and oxygen atoms in total. The Kier molecular flexibility index (Phi) is 7.43. The van der Waals surface area contributed by atoms with E-state index in [0.29, 0.717) is 11.7 Å². The van der Waals surface area contributed by atoms with Gasteiger partial charge in [0.1, 0.15) is 5.82 Å². The quantitative estimate of drug-likeness (QED) is 0.645. The SMILES string of the molecule is CC(C)NS(=O)(=O)c1ccc(F)c(C(=O)Nc2nc(CN3CC(C)OC(C)C3)cs2)c1. The number of benzene rings is 1. The molecule has 3 rings (SSSR count). The third-order valence-corrected chi connectivity index (χ3v) is 7.00. The minimum atomic E-state index is -3.85. The smallest absolute Gasteiger partial charge is 0.260 e. The van der Waals surface area contributed by atoms with E-state index in [0.717, 1.165) is 37.0 Å². The maximum atomic E-state index is 14.2. The molecule has 1 aromatic carbocycles. The zero-order valence-corrected chi connectivity index (χ0v) is 19.5. The maximum absolute atomic E-state index is 14.2. The largest absolute Gasteiger partial charge is 0.373 e. The maximum Gasteiger partial charge on any atom is 0.260 e. The first-order chi connectivity index (χ1) is 14.5. The molecule has 31 heavy (non-hydrogen) atoms. The number of nitrogens with zero attached hydrogens (tertiary/aromatic N) is 2. The molecule has 0 radical (unpaired) electrons. The second-order valence-corrected chi connectivity index (χ2v) is 10.5. The Bertz CT molecular complexity index is 1030. The molecule has 0 saturated carbocycles. The first-order valence-electron chi connectivity index (χ1n) is 9.99. The van der Waals surface area contributed by atoms with Gasteiger partial charge in [-0.2, -0.15) is 0 Å². The summed E-state index contributed by atoms with van der Waals surface area (Å²) in [7, 11) is -3.85. The minimum absolute atomic E-state index is 0.137. The van der Waals surface area contributed by atoms with Gasteiger partial charge in [-0.3, -0.25) is 15.0 Å². The standard InChI is InChI=1S/C20H27FN4O4S2/c1-12(2)24-31(27,28)16-5-6-18(21)17(7-16)19(26)23-20-22-15(11-30-20)10-25-8-13(3)29-14(4)9-25/h5-7,11-14,24H,8-10H2,1-4H3,(H,22,23,26). The molecule has 1 saturated heterocycles. The van der Waals surface area contributed by atoms with Gasteiger partial charge >= 0.3 is 0 Å². The molecule has 1 aliphatic heterocycles. The number of thiazole rings is 1. The van der Waals surface area contributed by atoms with Crippen LogP contribution in [0.1, 0.15) is 43.7 Å².